The van der Waals surface area contributed by atoms with Gasteiger partial charge in [0.2, 0.25) is 0 Å². The Labute approximate surface area is 90.5 Å². The van der Waals surface area contributed by atoms with Crippen LogP contribution in [0.3, 0.4) is 0 Å². The van der Waals surface area contributed by atoms with Crippen molar-refractivity contribution < 1.29 is 5.11 Å². The number of nitrogens with two attached hydrogens (primary N) is 1. The molecule has 1 heterocycles. The van der Waals surface area contributed by atoms with Gasteiger partial charge >= 0.3 is 0 Å². The first-order chi connectivity index (χ1) is 7.13. The van der Waals surface area contributed by atoms with E-state index in [9.17, 15) is 0 Å². The summed E-state index contributed by atoms with van der Waals surface area (Å²) in [4.78, 5) is 6.35. The summed E-state index contributed by atoms with van der Waals surface area (Å²) in [5.41, 5.74) is 5.82. The first-order valence-electron chi connectivity index (χ1n) is 5.14. The largest absolute Gasteiger partial charge is 0.396 e. The van der Waals surface area contributed by atoms with Crippen LogP contribution in [0.5, 0.6) is 0 Å². The zero-order valence-corrected chi connectivity index (χ0v) is 9.43. The number of rotatable bonds is 6. The number of hydrogen-bond donors (Lipinski definition) is 2. The Balaban J connectivity index is 2.36. The molecule has 0 saturated heterocycles. The molecule has 1 aromatic heterocycles. The smallest absolute Gasteiger partial charge is 0.122 e. The fourth-order valence-electron chi connectivity index (χ4n) is 1.51. The van der Waals surface area contributed by atoms with Crippen LogP contribution in [-0.4, -0.2) is 45.8 Å². The number of imidazole rings is 1. The predicted molar refractivity (Wildman–Crippen MR) is 59.2 cm³/mol. The van der Waals surface area contributed by atoms with Crippen molar-refractivity contribution in [3.63, 3.8) is 0 Å². The molecule has 1 aromatic rings. The second-order valence-electron chi connectivity index (χ2n) is 3.92. The van der Waals surface area contributed by atoms with Gasteiger partial charge in [0.15, 0.2) is 0 Å². The maximum atomic E-state index is 8.74. The highest BCUT2D eigenvalue weighted by Gasteiger charge is 2.08. The van der Waals surface area contributed by atoms with Crippen molar-refractivity contribution in [1.82, 2.24) is 14.5 Å². The first kappa shape index (κ1) is 12.2. The molecule has 0 fully saturated rings. The molecule has 1 rings (SSSR count). The van der Waals surface area contributed by atoms with E-state index in [4.69, 9.17) is 10.8 Å². The van der Waals surface area contributed by atoms with Gasteiger partial charge in [0.05, 0.1) is 6.54 Å². The van der Waals surface area contributed by atoms with E-state index in [1.807, 2.05) is 24.9 Å². The molecule has 86 valence electrons. The lowest BCUT2D eigenvalue weighted by atomic mass is 10.2. The summed E-state index contributed by atoms with van der Waals surface area (Å²) in [7, 11) is 3.98. The molecule has 0 aliphatic rings. The summed E-state index contributed by atoms with van der Waals surface area (Å²) in [6.07, 6.45) is 4.36. The number of aliphatic hydroxyl groups is 1. The average Bonchev–Trinajstić information content (AvgIpc) is 2.52. The minimum atomic E-state index is 0.0280. The molecule has 5 nitrogen and oxygen atoms in total. The molecule has 5 heteroatoms. The van der Waals surface area contributed by atoms with Crippen LogP contribution in [0.15, 0.2) is 12.4 Å². The molecule has 1 atom stereocenters. The second kappa shape index (κ2) is 5.85. The van der Waals surface area contributed by atoms with E-state index < -0.39 is 0 Å². The Hall–Kier alpha value is -0.910. The van der Waals surface area contributed by atoms with E-state index in [1.165, 1.54) is 0 Å². The van der Waals surface area contributed by atoms with Gasteiger partial charge in [-0.3, -0.25) is 4.90 Å². The molecule has 0 aliphatic carbocycles. The monoisotopic (exact) mass is 212 g/mol. The Morgan fingerprint density at radius 3 is 2.93 bits per heavy atom. The molecular formula is C10H20N4O. The third-order valence-electron chi connectivity index (χ3n) is 2.38. The van der Waals surface area contributed by atoms with Gasteiger partial charge in [0.25, 0.3) is 0 Å². The molecule has 0 aliphatic heterocycles. The third-order valence-corrected chi connectivity index (χ3v) is 2.38. The standard InChI is InChI=1S/C10H20N4O/c1-13(7-9(11)3-6-15)8-10-12-4-5-14(10)2/h4-5,9,15H,3,6-8,11H2,1-2H3. The predicted octanol–water partition coefficient (Wildman–Crippen LogP) is -0.438. The Bertz CT molecular complexity index is 287. The minimum absolute atomic E-state index is 0.0280. The molecule has 0 amide bonds. The summed E-state index contributed by atoms with van der Waals surface area (Å²) in [5, 5.41) is 8.74. The number of aryl methyl sites for hydroxylation is 1. The number of hydrogen-bond acceptors (Lipinski definition) is 4. The summed E-state index contributed by atoms with van der Waals surface area (Å²) >= 11 is 0. The summed E-state index contributed by atoms with van der Waals surface area (Å²) in [6.45, 7) is 1.70. The molecule has 0 radical (unpaired) electrons. The normalized spacial score (nSPS) is 13.4. The number of aliphatic hydroxyl groups excluding tert-OH is 1. The van der Waals surface area contributed by atoms with Crippen LogP contribution in [0.1, 0.15) is 12.2 Å². The molecule has 15 heavy (non-hydrogen) atoms. The van der Waals surface area contributed by atoms with Crippen molar-refractivity contribution in [3.05, 3.63) is 18.2 Å². The van der Waals surface area contributed by atoms with E-state index in [2.05, 4.69) is 9.88 Å². The Morgan fingerprint density at radius 1 is 1.67 bits per heavy atom. The molecule has 0 saturated carbocycles. The first-order valence-corrected chi connectivity index (χ1v) is 5.14. The maximum Gasteiger partial charge on any atom is 0.122 e. The van der Waals surface area contributed by atoms with Crippen molar-refractivity contribution in [1.29, 1.82) is 0 Å². The van der Waals surface area contributed by atoms with Crippen LogP contribution in [0, 0.1) is 0 Å². The van der Waals surface area contributed by atoms with E-state index in [1.54, 1.807) is 6.20 Å². The second-order valence-corrected chi connectivity index (χ2v) is 3.92. The summed E-state index contributed by atoms with van der Waals surface area (Å²) in [5.74, 6) is 1.02. The Morgan fingerprint density at radius 2 is 2.40 bits per heavy atom. The van der Waals surface area contributed by atoms with E-state index >= 15 is 0 Å². The summed E-state index contributed by atoms with van der Waals surface area (Å²) in [6, 6.07) is 0.0280. The van der Waals surface area contributed by atoms with Gasteiger partial charge in [-0.1, -0.05) is 0 Å². The van der Waals surface area contributed by atoms with Gasteiger partial charge in [-0.05, 0) is 13.5 Å². The lowest BCUT2D eigenvalue weighted by Gasteiger charge is -2.20. The van der Waals surface area contributed by atoms with Crippen LogP contribution >= 0.6 is 0 Å². The zero-order chi connectivity index (χ0) is 11.3. The van der Waals surface area contributed by atoms with Crippen molar-refractivity contribution in [3.8, 4) is 0 Å². The van der Waals surface area contributed by atoms with Gasteiger partial charge in [-0.2, -0.15) is 0 Å². The van der Waals surface area contributed by atoms with Crippen LogP contribution in [0.4, 0.5) is 0 Å². The molecule has 3 N–H and O–H groups in total. The number of nitrogens with zero attached hydrogens (tertiary/aromatic N) is 3. The topological polar surface area (TPSA) is 67.3 Å². The van der Waals surface area contributed by atoms with Crippen molar-refractivity contribution >= 4 is 0 Å². The van der Waals surface area contributed by atoms with E-state index in [0.29, 0.717) is 6.42 Å². The average molecular weight is 212 g/mol. The van der Waals surface area contributed by atoms with Crippen LogP contribution in [0.25, 0.3) is 0 Å². The van der Waals surface area contributed by atoms with Crippen LogP contribution < -0.4 is 5.73 Å². The molecule has 0 bridgehead atoms. The lowest BCUT2D eigenvalue weighted by Crippen LogP contribution is -2.36. The molecule has 0 aromatic carbocycles. The van der Waals surface area contributed by atoms with Gasteiger partial charge < -0.3 is 15.4 Å². The van der Waals surface area contributed by atoms with Crippen LogP contribution in [-0.2, 0) is 13.6 Å². The minimum Gasteiger partial charge on any atom is -0.396 e. The fourth-order valence-corrected chi connectivity index (χ4v) is 1.51. The van der Waals surface area contributed by atoms with E-state index in [0.717, 1.165) is 18.9 Å². The highest BCUT2D eigenvalue weighted by atomic mass is 16.3. The fraction of sp³-hybridized carbons (Fsp3) is 0.700. The zero-order valence-electron chi connectivity index (χ0n) is 9.43. The summed E-state index contributed by atoms with van der Waals surface area (Å²) < 4.78 is 1.99. The molecular weight excluding hydrogens is 192 g/mol. The van der Waals surface area contributed by atoms with Crippen molar-refractivity contribution in [2.75, 3.05) is 20.2 Å². The van der Waals surface area contributed by atoms with Gasteiger partial charge in [-0.15, -0.1) is 0 Å². The highest BCUT2D eigenvalue weighted by molar-refractivity contribution is 4.90. The highest BCUT2D eigenvalue weighted by Crippen LogP contribution is 2.00. The van der Waals surface area contributed by atoms with Crippen LogP contribution in [0.2, 0.25) is 0 Å². The van der Waals surface area contributed by atoms with E-state index in [-0.39, 0.29) is 12.6 Å². The maximum absolute atomic E-state index is 8.74. The number of aromatic nitrogens is 2. The quantitative estimate of drug-likeness (QED) is 0.671. The lowest BCUT2D eigenvalue weighted by molar-refractivity contribution is 0.241. The van der Waals surface area contributed by atoms with Crippen molar-refractivity contribution in [2.45, 2.75) is 19.0 Å². The van der Waals surface area contributed by atoms with Gasteiger partial charge in [-0.25, -0.2) is 4.98 Å². The third kappa shape index (κ3) is 3.99. The van der Waals surface area contributed by atoms with Crippen molar-refractivity contribution in [2.24, 2.45) is 12.8 Å². The SMILES string of the molecule is CN(Cc1nccn1C)CC(N)CCO. The van der Waals surface area contributed by atoms with Gasteiger partial charge in [0, 0.05) is 38.6 Å². The Kier molecular flexibility index (Phi) is 4.74. The molecule has 0 spiro atoms. The molecule has 1 unspecified atom stereocenters. The number of likely N-dealkylation sites (N-methyl/N-ethyl adjacent to an activating group) is 1. The van der Waals surface area contributed by atoms with Gasteiger partial charge in [0.1, 0.15) is 5.82 Å².